The van der Waals surface area contributed by atoms with Gasteiger partial charge < -0.3 is 49.9 Å². The molecule has 16 heteroatoms. The Bertz CT molecular complexity index is 4420. The molecule has 0 saturated carbocycles. The molecular formula is C84H72N6O10. The van der Waals surface area contributed by atoms with Gasteiger partial charge in [0.05, 0.1) is 10.8 Å². The number of nitrogens with one attached hydrogen (secondary N) is 2. The number of para-hydroxylation sites is 2. The van der Waals surface area contributed by atoms with E-state index in [0.717, 1.165) is 55.6 Å². The van der Waals surface area contributed by atoms with Crippen molar-refractivity contribution in [3.63, 3.8) is 0 Å². The number of carbonyl (C=O) groups is 6. The molecule has 0 spiro atoms. The molecule has 16 nitrogen and oxygen atoms in total. The average Bonchev–Trinajstić information content (AvgIpc) is 1.47. The number of hydrogen-bond donors (Lipinski definition) is 4. The number of likely N-dealkylation sites (tertiary alicyclic amines) is 2. The lowest BCUT2D eigenvalue weighted by Crippen LogP contribution is -2.66. The zero-order valence-corrected chi connectivity index (χ0v) is 54.6. The van der Waals surface area contributed by atoms with E-state index in [0.29, 0.717) is 33.6 Å². The smallest absolute Gasteiger partial charge is 0.407 e. The SMILES string of the molecule is O=C(N[C@H](Cc1ccccc1)C(=O)N1[C@@H](C(=O)O)C[C@@]2([C@@]34C[C@H](C(=O)O)N(C(=O)[C@@H](Cc5ccccc5)NC(=O)OCC5c6ccccc6-c6ccccc65)[C@@H]3N(Cc3ccccc3)c3ccccc34)c3ccccc3N(Cc3ccccc3)[C@@H]12)OCC1c2ccccc2-c2ccccc21. The van der Waals surface area contributed by atoms with E-state index in [1.54, 1.807) is 0 Å². The minimum atomic E-state index is -1.62. The van der Waals surface area contributed by atoms with Crippen LogP contribution in [-0.2, 0) is 65.4 Å². The topological polar surface area (TPSA) is 198 Å². The third-order valence-corrected chi connectivity index (χ3v) is 21.8. The second-order valence-electron chi connectivity index (χ2n) is 27.0. The fraction of sp³-hybridized carbons (Fsp3) is 0.214. The summed E-state index contributed by atoms with van der Waals surface area (Å²) in [7, 11) is 0. The average molecular weight is 1330 g/mol. The van der Waals surface area contributed by atoms with E-state index >= 15 is 19.2 Å². The van der Waals surface area contributed by atoms with Crippen LogP contribution in [0.3, 0.4) is 0 Å². The standard InChI is InChI=1S/C84H72N6O10/c91-75(69(45-53-25-5-1-6-26-53)85-81(97)99-51-65-61-37-17-13-33-57(61)58-34-14-18-38-62(58)65)89-73(77(93)94)47-83(67-41-21-23-43-71(67)87(79(83)89)49-55-29-9-3-10-30-55)84-48-74(78(95)96)90(80(84)88(50-56-31-11-4-12-32-56)72-44-24-22-42-68(72)84)76(92)70(46-54-27-7-2-8-28-54)86-82(98)100-52-66-63-39-19-15-35-59(63)60-36-16-20-40-64(60)66/h1-44,65-66,69-70,73-74,79-80H,45-52H2,(H,85,97)(H,86,98)(H,93,94)(H,95,96)/t69-,70-,73-,74-,79+,80+,83-,84-/m1/s1. The molecule has 6 aliphatic rings. The number of rotatable bonds is 19. The minimum Gasteiger partial charge on any atom is -0.480 e. The van der Waals surface area contributed by atoms with Crippen LogP contribution in [0.25, 0.3) is 22.3 Å². The van der Waals surface area contributed by atoms with E-state index < -0.39 is 83.3 Å². The highest BCUT2D eigenvalue weighted by Crippen LogP contribution is 2.71. The molecule has 0 bridgehead atoms. The van der Waals surface area contributed by atoms with Crippen molar-refractivity contribution in [2.24, 2.45) is 0 Å². The predicted molar refractivity (Wildman–Crippen MR) is 379 cm³/mol. The number of hydrogen-bond acceptors (Lipinski definition) is 10. The normalized spacial score (nSPS) is 20.9. The van der Waals surface area contributed by atoms with Crippen molar-refractivity contribution in [1.82, 2.24) is 20.4 Å². The van der Waals surface area contributed by atoms with E-state index in [9.17, 15) is 19.8 Å². The minimum absolute atomic E-state index is 0.0599. The van der Waals surface area contributed by atoms with Crippen LogP contribution in [-0.4, -0.2) is 106 Å². The molecule has 2 fully saturated rings. The van der Waals surface area contributed by atoms with Crippen molar-refractivity contribution < 1.29 is 48.5 Å². The number of alkyl carbamates (subject to hydrolysis) is 2. The molecule has 16 rings (SSSR count). The van der Waals surface area contributed by atoms with E-state index in [1.807, 2.05) is 267 Å². The lowest BCUT2D eigenvalue weighted by Gasteiger charge is -2.51. The number of anilines is 2. The number of carboxylic acids is 2. The van der Waals surface area contributed by atoms with Crippen molar-refractivity contribution in [3.05, 3.63) is 323 Å². The van der Waals surface area contributed by atoms with Crippen molar-refractivity contribution in [1.29, 1.82) is 0 Å². The van der Waals surface area contributed by atoms with Crippen molar-refractivity contribution in [3.8, 4) is 22.3 Å². The Morgan fingerprint density at radius 1 is 0.380 bits per heavy atom. The van der Waals surface area contributed by atoms with Gasteiger partial charge in [-0.05, 0) is 103 Å². The number of aliphatic carboxylic acids is 2. The third-order valence-electron chi connectivity index (χ3n) is 21.8. The number of benzene rings is 10. The first kappa shape index (κ1) is 63.0. The van der Waals surface area contributed by atoms with Gasteiger partial charge in [-0.2, -0.15) is 0 Å². The lowest BCUT2D eigenvalue weighted by molar-refractivity contribution is -0.150. The van der Waals surface area contributed by atoms with Gasteiger partial charge in [0.1, 0.15) is 49.7 Å². The van der Waals surface area contributed by atoms with E-state index in [2.05, 4.69) is 20.4 Å². The van der Waals surface area contributed by atoms with E-state index in [-0.39, 0.29) is 63.8 Å². The highest BCUT2D eigenvalue weighted by molar-refractivity contribution is 5.96. The predicted octanol–water partition coefficient (Wildman–Crippen LogP) is 13.2. The maximum absolute atomic E-state index is 17.0. The number of carbonyl (C=O) groups excluding carboxylic acids is 4. The first-order chi connectivity index (χ1) is 48.9. The maximum atomic E-state index is 17.0. The molecule has 0 aromatic heterocycles. The summed E-state index contributed by atoms with van der Waals surface area (Å²) in [5.41, 5.74) is 10.6. The lowest BCUT2D eigenvalue weighted by atomic mass is 9.54. The molecule has 498 valence electrons. The Morgan fingerprint density at radius 3 is 1.00 bits per heavy atom. The summed E-state index contributed by atoms with van der Waals surface area (Å²) < 4.78 is 12.4. The van der Waals surface area contributed by atoms with Gasteiger partial charge in [0.25, 0.3) is 0 Å². The van der Waals surface area contributed by atoms with Gasteiger partial charge in [-0.15, -0.1) is 0 Å². The van der Waals surface area contributed by atoms with Crippen LogP contribution in [0.15, 0.2) is 267 Å². The molecule has 4 amide bonds. The maximum Gasteiger partial charge on any atom is 0.407 e. The summed E-state index contributed by atoms with van der Waals surface area (Å²) in [6, 6.07) is 79.1. The van der Waals surface area contributed by atoms with E-state index in [1.165, 1.54) is 9.80 Å². The van der Waals surface area contributed by atoms with Crippen LogP contribution >= 0.6 is 0 Å². The Kier molecular flexibility index (Phi) is 16.3. The van der Waals surface area contributed by atoms with Gasteiger partial charge >= 0.3 is 24.1 Å². The summed E-state index contributed by atoms with van der Waals surface area (Å²) in [5.74, 6) is -4.69. The first-order valence-corrected chi connectivity index (χ1v) is 34.1. The van der Waals surface area contributed by atoms with Gasteiger partial charge in [0, 0.05) is 49.1 Å². The number of fused-ring (bicyclic) bond motifs is 13. The molecule has 8 atom stereocenters. The van der Waals surface area contributed by atoms with Crippen LogP contribution in [0.4, 0.5) is 21.0 Å². The molecule has 10 aromatic rings. The third kappa shape index (κ3) is 10.6. The summed E-state index contributed by atoms with van der Waals surface area (Å²) in [5, 5.41) is 30.4. The van der Waals surface area contributed by atoms with Gasteiger partial charge in [-0.1, -0.05) is 255 Å². The zero-order valence-electron chi connectivity index (χ0n) is 54.6. The number of nitrogens with zero attached hydrogens (tertiary/aromatic N) is 4. The van der Waals surface area contributed by atoms with E-state index in [4.69, 9.17) is 9.47 Å². The van der Waals surface area contributed by atoms with Gasteiger partial charge in [0.15, 0.2) is 0 Å². The Balaban J connectivity index is 0.843. The fourth-order valence-corrected chi connectivity index (χ4v) is 17.8. The summed E-state index contributed by atoms with van der Waals surface area (Å²) >= 11 is 0. The fourth-order valence-electron chi connectivity index (χ4n) is 17.8. The Morgan fingerprint density at radius 2 is 0.670 bits per heavy atom. The monoisotopic (exact) mass is 1320 g/mol. The summed E-state index contributed by atoms with van der Waals surface area (Å²) in [6.07, 6.45) is -4.94. The summed E-state index contributed by atoms with van der Waals surface area (Å²) in [6.45, 7) is 0.174. The number of ether oxygens (including phenoxy) is 2. The van der Waals surface area contributed by atoms with Crippen LogP contribution in [0.2, 0.25) is 0 Å². The molecule has 4 heterocycles. The molecule has 4 aliphatic heterocycles. The van der Waals surface area contributed by atoms with Crippen molar-refractivity contribution in [2.45, 2.75) is 97.9 Å². The number of carboxylic acid groups (broad SMARTS) is 2. The van der Waals surface area contributed by atoms with Crippen molar-refractivity contribution in [2.75, 3.05) is 23.0 Å². The van der Waals surface area contributed by atoms with Gasteiger partial charge in [-0.25, -0.2) is 19.2 Å². The van der Waals surface area contributed by atoms with Gasteiger partial charge in [0.2, 0.25) is 11.8 Å². The molecule has 0 radical (unpaired) electrons. The largest absolute Gasteiger partial charge is 0.480 e. The van der Waals surface area contributed by atoms with Crippen molar-refractivity contribution >= 4 is 47.3 Å². The summed E-state index contributed by atoms with van der Waals surface area (Å²) in [4.78, 5) is 101. The van der Waals surface area contributed by atoms with Crippen LogP contribution < -0.4 is 20.4 Å². The molecule has 100 heavy (non-hydrogen) atoms. The molecule has 0 unspecified atom stereocenters. The zero-order chi connectivity index (χ0) is 68.2. The van der Waals surface area contributed by atoms with Gasteiger partial charge in [-0.3, -0.25) is 9.59 Å². The molecule has 2 saturated heterocycles. The van der Waals surface area contributed by atoms with Crippen LogP contribution in [0.5, 0.6) is 0 Å². The first-order valence-electron chi connectivity index (χ1n) is 34.1. The Hall–Kier alpha value is -11.8. The number of amides is 4. The Labute approximate surface area is 579 Å². The second-order valence-corrected chi connectivity index (χ2v) is 27.0. The molecule has 2 aliphatic carbocycles. The highest BCUT2D eigenvalue weighted by Gasteiger charge is 2.79. The highest BCUT2D eigenvalue weighted by atomic mass is 16.6. The molecule has 4 N–H and O–H groups in total. The quantitative estimate of drug-likeness (QED) is 0.0598. The molecule has 10 aromatic carbocycles. The van der Waals surface area contributed by atoms with Crippen LogP contribution in [0.1, 0.15) is 80.3 Å². The molecular weight excluding hydrogens is 1250 g/mol. The second kappa shape index (κ2) is 25.9. The van der Waals surface area contributed by atoms with Crippen LogP contribution in [0, 0.1) is 0 Å².